The van der Waals surface area contributed by atoms with E-state index in [4.69, 9.17) is 9.47 Å². The number of nitrogens with one attached hydrogen (secondary N) is 1. The minimum absolute atomic E-state index is 0.0955. The Hall–Kier alpha value is -1.81. The van der Waals surface area contributed by atoms with Crippen LogP contribution in [0.5, 0.6) is 5.75 Å². The van der Waals surface area contributed by atoms with E-state index in [-0.39, 0.29) is 11.5 Å². The molecule has 0 amide bonds. The predicted molar refractivity (Wildman–Crippen MR) is 85.4 cm³/mol. The topological polar surface area (TPSA) is 47.6 Å². The van der Waals surface area contributed by atoms with Crippen LogP contribution in [-0.4, -0.2) is 31.8 Å². The Bertz CT molecular complexity index is 458. The molecule has 0 heterocycles. The number of benzene rings is 1. The molecule has 0 bridgehead atoms. The van der Waals surface area contributed by atoms with E-state index >= 15 is 0 Å². The van der Waals surface area contributed by atoms with Gasteiger partial charge in [-0.3, -0.25) is 0 Å². The predicted octanol–water partition coefficient (Wildman–Crippen LogP) is 3.03. The lowest BCUT2D eigenvalue weighted by molar-refractivity contribution is -0.137. The Kier molecular flexibility index (Phi) is 6.96. The average Bonchev–Trinajstić information content (AvgIpc) is 2.44. The normalized spacial score (nSPS) is 11.6. The van der Waals surface area contributed by atoms with Gasteiger partial charge in [-0.15, -0.1) is 0 Å². The standard InChI is InChI=1S/C17H25NO3/c1-17(2,3)18-12-5-13-21-16(19)11-8-14-6-9-15(20-4)10-7-14/h6-11,18H,5,12-13H2,1-4H3/b11-8+. The summed E-state index contributed by atoms with van der Waals surface area (Å²) in [4.78, 5) is 11.5. The molecule has 0 saturated carbocycles. The molecule has 0 radical (unpaired) electrons. The van der Waals surface area contributed by atoms with Gasteiger partial charge in [-0.2, -0.15) is 0 Å². The minimum atomic E-state index is -0.318. The third-order valence-electron chi connectivity index (χ3n) is 2.75. The number of rotatable bonds is 7. The van der Waals surface area contributed by atoms with Crippen molar-refractivity contribution in [3.05, 3.63) is 35.9 Å². The van der Waals surface area contributed by atoms with Gasteiger partial charge in [0.15, 0.2) is 0 Å². The Labute approximate surface area is 127 Å². The van der Waals surface area contributed by atoms with E-state index in [1.54, 1.807) is 13.2 Å². The minimum Gasteiger partial charge on any atom is -0.497 e. The summed E-state index contributed by atoms with van der Waals surface area (Å²) >= 11 is 0. The number of hydrogen-bond donors (Lipinski definition) is 1. The van der Waals surface area contributed by atoms with Crippen molar-refractivity contribution in [2.75, 3.05) is 20.3 Å². The molecular weight excluding hydrogens is 266 g/mol. The number of ether oxygens (including phenoxy) is 2. The molecule has 1 N–H and O–H groups in total. The van der Waals surface area contributed by atoms with E-state index in [2.05, 4.69) is 26.1 Å². The summed E-state index contributed by atoms with van der Waals surface area (Å²) in [6.45, 7) is 7.58. The van der Waals surface area contributed by atoms with Crippen molar-refractivity contribution in [2.24, 2.45) is 0 Å². The van der Waals surface area contributed by atoms with E-state index in [1.165, 1.54) is 6.08 Å². The molecule has 0 aliphatic heterocycles. The Balaban J connectivity index is 2.25. The van der Waals surface area contributed by atoms with Crippen LogP contribution in [0.25, 0.3) is 6.08 Å². The zero-order valence-electron chi connectivity index (χ0n) is 13.3. The molecule has 4 nitrogen and oxygen atoms in total. The van der Waals surface area contributed by atoms with E-state index < -0.39 is 0 Å². The lowest BCUT2D eigenvalue weighted by Gasteiger charge is -2.20. The summed E-state index contributed by atoms with van der Waals surface area (Å²) in [6, 6.07) is 7.47. The van der Waals surface area contributed by atoms with Crippen molar-refractivity contribution in [1.29, 1.82) is 0 Å². The van der Waals surface area contributed by atoms with Crippen LogP contribution in [0.2, 0.25) is 0 Å². The van der Waals surface area contributed by atoms with Crippen molar-refractivity contribution >= 4 is 12.0 Å². The van der Waals surface area contributed by atoms with Crippen molar-refractivity contribution in [3.8, 4) is 5.75 Å². The van der Waals surface area contributed by atoms with Crippen LogP contribution < -0.4 is 10.1 Å². The van der Waals surface area contributed by atoms with Gasteiger partial charge < -0.3 is 14.8 Å². The zero-order chi connectivity index (χ0) is 15.7. The van der Waals surface area contributed by atoms with Gasteiger partial charge in [0.1, 0.15) is 5.75 Å². The molecule has 116 valence electrons. The highest BCUT2D eigenvalue weighted by atomic mass is 16.5. The second-order valence-corrected chi connectivity index (χ2v) is 5.80. The highest BCUT2D eigenvalue weighted by Crippen LogP contribution is 2.12. The first-order chi connectivity index (χ1) is 9.90. The van der Waals surface area contributed by atoms with Crippen LogP contribution in [0.15, 0.2) is 30.3 Å². The van der Waals surface area contributed by atoms with Gasteiger partial charge in [0, 0.05) is 11.6 Å². The van der Waals surface area contributed by atoms with E-state index in [1.807, 2.05) is 24.3 Å². The summed E-state index contributed by atoms with van der Waals surface area (Å²) < 4.78 is 10.2. The van der Waals surface area contributed by atoms with Gasteiger partial charge in [-0.1, -0.05) is 12.1 Å². The van der Waals surface area contributed by atoms with Crippen molar-refractivity contribution < 1.29 is 14.3 Å². The van der Waals surface area contributed by atoms with Crippen molar-refractivity contribution in [1.82, 2.24) is 5.32 Å². The Morgan fingerprint density at radius 2 is 1.90 bits per heavy atom. The summed E-state index contributed by atoms with van der Waals surface area (Å²) in [5.74, 6) is 0.475. The quantitative estimate of drug-likeness (QED) is 0.476. The van der Waals surface area contributed by atoms with Gasteiger partial charge in [-0.05, 0) is 57.5 Å². The van der Waals surface area contributed by atoms with Gasteiger partial charge in [0.05, 0.1) is 13.7 Å². The maximum Gasteiger partial charge on any atom is 0.330 e. The molecule has 0 unspecified atom stereocenters. The monoisotopic (exact) mass is 291 g/mol. The van der Waals surface area contributed by atoms with Crippen LogP contribution in [0.3, 0.4) is 0 Å². The van der Waals surface area contributed by atoms with Gasteiger partial charge >= 0.3 is 5.97 Å². The summed E-state index contributed by atoms with van der Waals surface area (Å²) in [7, 11) is 1.62. The SMILES string of the molecule is COc1ccc(/C=C/C(=O)OCCCNC(C)(C)C)cc1. The smallest absolute Gasteiger partial charge is 0.330 e. The third-order valence-corrected chi connectivity index (χ3v) is 2.75. The van der Waals surface area contributed by atoms with E-state index in [0.29, 0.717) is 6.61 Å². The molecule has 0 fully saturated rings. The van der Waals surface area contributed by atoms with Crippen LogP contribution in [-0.2, 0) is 9.53 Å². The van der Waals surface area contributed by atoms with E-state index in [0.717, 1.165) is 24.3 Å². The van der Waals surface area contributed by atoms with Crippen LogP contribution in [0.4, 0.5) is 0 Å². The van der Waals surface area contributed by atoms with Gasteiger partial charge in [0.25, 0.3) is 0 Å². The fourth-order valence-corrected chi connectivity index (χ4v) is 1.64. The van der Waals surface area contributed by atoms with E-state index in [9.17, 15) is 4.79 Å². The molecule has 0 spiro atoms. The highest BCUT2D eigenvalue weighted by molar-refractivity contribution is 5.87. The summed E-state index contributed by atoms with van der Waals surface area (Å²) in [5, 5.41) is 3.34. The second kappa shape index (κ2) is 8.47. The molecule has 1 aromatic carbocycles. The lowest BCUT2D eigenvalue weighted by Crippen LogP contribution is -2.36. The fraction of sp³-hybridized carbons (Fsp3) is 0.471. The molecule has 0 aliphatic carbocycles. The third kappa shape index (κ3) is 8.15. The first kappa shape index (κ1) is 17.2. The van der Waals surface area contributed by atoms with Crippen molar-refractivity contribution in [2.45, 2.75) is 32.7 Å². The number of esters is 1. The fourth-order valence-electron chi connectivity index (χ4n) is 1.64. The van der Waals surface area contributed by atoms with Crippen molar-refractivity contribution in [3.63, 3.8) is 0 Å². The molecule has 1 aromatic rings. The van der Waals surface area contributed by atoms with Gasteiger partial charge in [0.2, 0.25) is 0 Å². The van der Waals surface area contributed by atoms with Gasteiger partial charge in [-0.25, -0.2) is 4.79 Å². The first-order valence-electron chi connectivity index (χ1n) is 7.14. The average molecular weight is 291 g/mol. The number of carbonyl (C=O) groups is 1. The molecule has 1 rings (SSSR count). The molecule has 0 atom stereocenters. The maximum absolute atomic E-state index is 11.5. The zero-order valence-corrected chi connectivity index (χ0v) is 13.3. The molecule has 21 heavy (non-hydrogen) atoms. The molecular formula is C17H25NO3. The largest absolute Gasteiger partial charge is 0.497 e. The molecule has 0 aliphatic rings. The summed E-state index contributed by atoms with van der Waals surface area (Å²) in [5.41, 5.74) is 1.03. The summed E-state index contributed by atoms with van der Waals surface area (Å²) in [6.07, 6.45) is 3.98. The molecule has 0 aromatic heterocycles. The Morgan fingerprint density at radius 1 is 1.24 bits per heavy atom. The lowest BCUT2D eigenvalue weighted by atomic mass is 10.1. The maximum atomic E-state index is 11.5. The van der Waals surface area contributed by atoms with Crippen LogP contribution in [0.1, 0.15) is 32.8 Å². The highest BCUT2D eigenvalue weighted by Gasteiger charge is 2.07. The number of carbonyl (C=O) groups excluding carboxylic acids is 1. The van der Waals surface area contributed by atoms with Crippen LogP contribution in [0, 0.1) is 0 Å². The Morgan fingerprint density at radius 3 is 2.48 bits per heavy atom. The second-order valence-electron chi connectivity index (χ2n) is 5.80. The first-order valence-corrected chi connectivity index (χ1v) is 7.14. The van der Waals surface area contributed by atoms with Crippen LogP contribution >= 0.6 is 0 Å². The molecule has 4 heteroatoms. The number of methoxy groups -OCH3 is 1. The molecule has 0 saturated heterocycles. The number of hydrogen-bond acceptors (Lipinski definition) is 4.